The first-order valence-corrected chi connectivity index (χ1v) is 12.8. The summed E-state index contributed by atoms with van der Waals surface area (Å²) in [6.45, 7) is 6.85. The first-order chi connectivity index (χ1) is 16.8. The van der Waals surface area contributed by atoms with Gasteiger partial charge in [0, 0.05) is 43.9 Å². The van der Waals surface area contributed by atoms with E-state index in [1.54, 1.807) is 4.90 Å². The first-order valence-electron chi connectivity index (χ1n) is 12.8. The number of carbonyl (C=O) groups is 4. The van der Waals surface area contributed by atoms with E-state index in [9.17, 15) is 19.2 Å². The van der Waals surface area contributed by atoms with Gasteiger partial charge < -0.3 is 14.5 Å². The quantitative estimate of drug-likeness (QED) is 0.331. The summed E-state index contributed by atoms with van der Waals surface area (Å²) in [6, 6.07) is 5.19. The highest BCUT2D eigenvalue weighted by Crippen LogP contribution is 2.43. The third-order valence-electron chi connectivity index (χ3n) is 7.96. The number of carbonyl (C=O) groups excluding carboxylic acids is 4. The average Bonchev–Trinajstić information content (AvgIpc) is 3.11. The zero-order chi connectivity index (χ0) is 24.7. The van der Waals surface area contributed by atoms with Crippen molar-refractivity contribution >= 4 is 29.4 Å². The number of hydrogen-bond donors (Lipinski definition) is 2. The van der Waals surface area contributed by atoms with Crippen LogP contribution in [0.4, 0.5) is 5.69 Å². The number of piperidine rings is 1. The molecule has 1 aromatic rings. The van der Waals surface area contributed by atoms with E-state index in [1.165, 1.54) is 0 Å². The molecule has 3 fully saturated rings. The molecule has 35 heavy (non-hydrogen) atoms. The lowest BCUT2D eigenvalue weighted by Gasteiger charge is -2.60. The Morgan fingerprint density at radius 1 is 1.23 bits per heavy atom. The molecule has 3 amide bonds. The Morgan fingerprint density at radius 2 is 2.03 bits per heavy atom. The Morgan fingerprint density at radius 3 is 2.71 bits per heavy atom. The second-order valence-electron chi connectivity index (χ2n) is 10.6. The molecular formula is C26H34N4O5. The lowest BCUT2D eigenvalue weighted by atomic mass is 9.72. The standard InChI is InChI=1S/C26H34N4O5/c1-3-4-5-6-16(2)24(34)35-25-26(13-27-25)14-29(15-26)18-7-8-19-17(11-18)12-30(23(19)33)20-9-10-21(31)28-22(20)32/h7-8,11,16,20,25,27H,3-6,9-10,12-15H2,1-2H3,(H,28,31,32). The second kappa shape index (κ2) is 9.26. The number of ether oxygens (including phenoxy) is 1. The van der Waals surface area contributed by atoms with Gasteiger partial charge in [-0.15, -0.1) is 0 Å². The lowest BCUT2D eigenvalue weighted by molar-refractivity contribution is -0.180. The van der Waals surface area contributed by atoms with Crippen LogP contribution in [0.2, 0.25) is 0 Å². The molecule has 188 valence electrons. The smallest absolute Gasteiger partial charge is 0.310 e. The van der Waals surface area contributed by atoms with E-state index in [2.05, 4.69) is 22.5 Å². The van der Waals surface area contributed by atoms with Gasteiger partial charge in [-0.25, -0.2) is 0 Å². The molecule has 4 heterocycles. The summed E-state index contributed by atoms with van der Waals surface area (Å²) < 4.78 is 5.82. The SMILES string of the molecule is CCCCCC(C)C(=O)OC1NCC12CN(c1ccc3c(c1)CN(C1CCC(=O)NC1=O)C3=O)C2. The van der Waals surface area contributed by atoms with Gasteiger partial charge in [-0.05, 0) is 36.6 Å². The van der Waals surface area contributed by atoms with Crippen LogP contribution >= 0.6 is 0 Å². The van der Waals surface area contributed by atoms with Crippen LogP contribution in [-0.2, 0) is 25.7 Å². The van der Waals surface area contributed by atoms with E-state index in [-0.39, 0.29) is 41.8 Å². The number of amides is 3. The number of benzene rings is 1. The van der Waals surface area contributed by atoms with Gasteiger partial charge in [-0.3, -0.25) is 29.8 Å². The van der Waals surface area contributed by atoms with E-state index >= 15 is 0 Å². The third kappa shape index (κ3) is 4.30. The van der Waals surface area contributed by atoms with Crippen molar-refractivity contribution < 1.29 is 23.9 Å². The molecule has 3 unspecified atom stereocenters. The van der Waals surface area contributed by atoms with Crippen molar-refractivity contribution in [3.63, 3.8) is 0 Å². The summed E-state index contributed by atoms with van der Waals surface area (Å²) in [5, 5.41) is 5.62. The molecule has 2 N–H and O–H groups in total. The summed E-state index contributed by atoms with van der Waals surface area (Å²) in [5.74, 6) is -1.06. The average molecular weight is 483 g/mol. The number of anilines is 1. The number of imide groups is 1. The molecule has 0 saturated carbocycles. The molecule has 3 saturated heterocycles. The molecule has 9 heteroatoms. The van der Waals surface area contributed by atoms with Crippen molar-refractivity contribution in [2.75, 3.05) is 24.5 Å². The van der Waals surface area contributed by atoms with Crippen LogP contribution in [0.15, 0.2) is 18.2 Å². The summed E-state index contributed by atoms with van der Waals surface area (Å²) in [5.41, 5.74) is 2.47. The highest BCUT2D eigenvalue weighted by Gasteiger charge is 2.57. The monoisotopic (exact) mass is 482 g/mol. The third-order valence-corrected chi connectivity index (χ3v) is 7.96. The van der Waals surface area contributed by atoms with Gasteiger partial charge >= 0.3 is 5.97 Å². The first kappa shape index (κ1) is 23.8. The van der Waals surface area contributed by atoms with E-state index in [0.29, 0.717) is 18.5 Å². The topological polar surface area (TPSA) is 108 Å². The molecule has 9 nitrogen and oxygen atoms in total. The molecule has 4 aliphatic heterocycles. The maximum Gasteiger partial charge on any atom is 0.310 e. The van der Waals surface area contributed by atoms with Gasteiger partial charge in [0.25, 0.3) is 5.91 Å². The summed E-state index contributed by atoms with van der Waals surface area (Å²) in [7, 11) is 0. The van der Waals surface area contributed by atoms with E-state index in [0.717, 1.165) is 56.6 Å². The number of esters is 1. The van der Waals surface area contributed by atoms with E-state index in [1.807, 2.05) is 25.1 Å². The van der Waals surface area contributed by atoms with Crippen LogP contribution in [-0.4, -0.2) is 60.5 Å². The molecule has 1 spiro atoms. The Labute approximate surface area is 205 Å². The van der Waals surface area contributed by atoms with E-state index in [4.69, 9.17) is 4.74 Å². The molecule has 0 aromatic heterocycles. The molecule has 0 radical (unpaired) electrons. The van der Waals surface area contributed by atoms with Crippen LogP contribution in [0.25, 0.3) is 0 Å². The fraction of sp³-hybridized carbons (Fsp3) is 0.615. The Balaban J connectivity index is 1.18. The fourth-order valence-corrected chi connectivity index (χ4v) is 5.62. The molecular weight excluding hydrogens is 448 g/mol. The van der Waals surface area contributed by atoms with Crippen LogP contribution in [0.5, 0.6) is 0 Å². The number of nitrogens with one attached hydrogen (secondary N) is 2. The summed E-state index contributed by atoms with van der Waals surface area (Å²) in [4.78, 5) is 53.0. The molecule has 1 aromatic carbocycles. The molecule has 0 bridgehead atoms. The zero-order valence-corrected chi connectivity index (χ0v) is 20.5. The Hall–Kier alpha value is -2.94. The van der Waals surface area contributed by atoms with Crippen molar-refractivity contribution in [3.05, 3.63) is 29.3 Å². The van der Waals surface area contributed by atoms with E-state index < -0.39 is 11.9 Å². The minimum absolute atomic E-state index is 0.0631. The normalized spacial score (nSPS) is 25.6. The lowest BCUT2D eigenvalue weighted by Crippen LogP contribution is -2.77. The maximum absolute atomic E-state index is 12.9. The van der Waals surface area contributed by atoms with Gasteiger partial charge in [-0.1, -0.05) is 33.1 Å². The summed E-state index contributed by atoms with van der Waals surface area (Å²) >= 11 is 0. The van der Waals surface area contributed by atoms with Crippen molar-refractivity contribution in [2.45, 2.75) is 71.2 Å². The minimum atomic E-state index is -0.607. The van der Waals surface area contributed by atoms with Crippen LogP contribution in [0.1, 0.15) is 68.3 Å². The van der Waals surface area contributed by atoms with Gasteiger partial charge in [0.2, 0.25) is 11.8 Å². The van der Waals surface area contributed by atoms with Crippen LogP contribution in [0, 0.1) is 11.3 Å². The molecule has 3 atom stereocenters. The molecule has 4 aliphatic rings. The molecule has 0 aliphatic carbocycles. The number of rotatable bonds is 8. The number of hydrogen-bond acceptors (Lipinski definition) is 7. The number of fused-ring (bicyclic) bond motifs is 1. The number of nitrogens with zero attached hydrogens (tertiary/aromatic N) is 2. The predicted octanol–water partition coefficient (Wildman–Crippen LogP) is 1.94. The van der Waals surface area contributed by atoms with Gasteiger partial charge in [0.05, 0.1) is 11.3 Å². The zero-order valence-electron chi connectivity index (χ0n) is 20.5. The largest absolute Gasteiger partial charge is 0.446 e. The number of unbranched alkanes of at least 4 members (excludes halogenated alkanes) is 2. The van der Waals surface area contributed by atoms with Crippen LogP contribution < -0.4 is 15.5 Å². The van der Waals surface area contributed by atoms with Crippen molar-refractivity contribution in [1.29, 1.82) is 0 Å². The Kier molecular flexibility index (Phi) is 6.29. The summed E-state index contributed by atoms with van der Waals surface area (Å²) in [6.07, 6.45) is 4.53. The highest BCUT2D eigenvalue weighted by atomic mass is 16.6. The maximum atomic E-state index is 12.9. The molecule has 5 rings (SSSR count). The van der Waals surface area contributed by atoms with Crippen molar-refractivity contribution in [3.8, 4) is 0 Å². The second-order valence-corrected chi connectivity index (χ2v) is 10.6. The van der Waals surface area contributed by atoms with Crippen LogP contribution in [0.3, 0.4) is 0 Å². The van der Waals surface area contributed by atoms with Gasteiger partial charge in [0.1, 0.15) is 6.04 Å². The van der Waals surface area contributed by atoms with Gasteiger partial charge in [0.15, 0.2) is 6.23 Å². The highest BCUT2D eigenvalue weighted by molar-refractivity contribution is 6.05. The Bertz CT molecular complexity index is 1050. The van der Waals surface area contributed by atoms with Crippen molar-refractivity contribution in [1.82, 2.24) is 15.5 Å². The van der Waals surface area contributed by atoms with Gasteiger partial charge in [-0.2, -0.15) is 0 Å². The predicted molar refractivity (Wildman–Crippen MR) is 128 cm³/mol. The fourth-order valence-electron chi connectivity index (χ4n) is 5.62. The van der Waals surface area contributed by atoms with Crippen molar-refractivity contribution in [2.24, 2.45) is 11.3 Å². The minimum Gasteiger partial charge on any atom is -0.446 e.